The van der Waals surface area contributed by atoms with Gasteiger partial charge < -0.3 is 14.8 Å². The Morgan fingerprint density at radius 1 is 1.03 bits per heavy atom. The summed E-state index contributed by atoms with van der Waals surface area (Å²) >= 11 is 0. The van der Waals surface area contributed by atoms with E-state index in [0.717, 1.165) is 0 Å². The van der Waals surface area contributed by atoms with Crippen LogP contribution >= 0.6 is 0 Å². The molecule has 2 aromatic carbocycles. The van der Waals surface area contributed by atoms with Gasteiger partial charge in [-0.3, -0.25) is 4.79 Å². The minimum absolute atomic E-state index is 0.143. The highest BCUT2D eigenvalue weighted by Gasteiger charge is 2.59. The second-order valence-corrected chi connectivity index (χ2v) is 13.8. The van der Waals surface area contributed by atoms with Crippen molar-refractivity contribution in [2.75, 3.05) is 6.61 Å². The zero-order valence-corrected chi connectivity index (χ0v) is 19.2. The molecule has 1 aliphatic carbocycles. The summed E-state index contributed by atoms with van der Waals surface area (Å²) in [6, 6.07) is 20.8. The van der Waals surface area contributed by atoms with Crippen molar-refractivity contribution in [1.29, 1.82) is 0 Å². The smallest absolute Gasteiger partial charge is 0.261 e. The number of hydrogen-bond donors (Lipinski definition) is 2. The first kappa shape index (κ1) is 21.7. The molecule has 156 valence electrons. The Morgan fingerprint density at radius 3 is 1.83 bits per heavy atom. The fraction of sp³-hybridized carbons (Fsp3) is 0.458. The molecular formula is C24H33NO3Si. The molecule has 0 aromatic heterocycles. The summed E-state index contributed by atoms with van der Waals surface area (Å²) in [7, 11) is -2.72. The summed E-state index contributed by atoms with van der Waals surface area (Å²) < 4.78 is 6.97. The van der Waals surface area contributed by atoms with Gasteiger partial charge in [-0.1, -0.05) is 81.4 Å². The number of amides is 1. The lowest BCUT2D eigenvalue weighted by Crippen LogP contribution is -2.75. The minimum Gasteiger partial charge on any atom is -0.405 e. The molecule has 0 radical (unpaired) electrons. The van der Waals surface area contributed by atoms with Crippen LogP contribution in [0.15, 0.2) is 60.7 Å². The first-order chi connectivity index (χ1) is 13.5. The summed E-state index contributed by atoms with van der Waals surface area (Å²) in [5, 5.41) is 16.2. The van der Waals surface area contributed by atoms with E-state index in [4.69, 9.17) is 4.43 Å². The SMILES string of the molecule is CC(=O)N[C@]1(CO[Si](c2ccccc2)(c2ccccc2)C(C)(C)C)CC[C@@]1(C)O. The third-order valence-electron chi connectivity index (χ3n) is 6.44. The van der Waals surface area contributed by atoms with Crippen LogP contribution in [0.25, 0.3) is 0 Å². The molecule has 1 aliphatic rings. The van der Waals surface area contributed by atoms with E-state index in [2.05, 4.69) is 74.6 Å². The van der Waals surface area contributed by atoms with Crippen LogP contribution < -0.4 is 15.7 Å². The molecule has 2 N–H and O–H groups in total. The van der Waals surface area contributed by atoms with Gasteiger partial charge in [0.2, 0.25) is 5.91 Å². The number of carbonyl (C=O) groups excluding carboxylic acids is 1. The highest BCUT2D eigenvalue weighted by Crippen LogP contribution is 2.44. The maximum absolute atomic E-state index is 11.9. The van der Waals surface area contributed by atoms with Crippen LogP contribution in [-0.4, -0.2) is 37.1 Å². The van der Waals surface area contributed by atoms with Crippen molar-refractivity contribution >= 4 is 24.6 Å². The van der Waals surface area contributed by atoms with E-state index >= 15 is 0 Å². The summed E-state index contributed by atoms with van der Waals surface area (Å²) in [6.45, 7) is 10.3. The first-order valence-corrected chi connectivity index (χ1v) is 12.2. The van der Waals surface area contributed by atoms with Crippen molar-refractivity contribution in [3.63, 3.8) is 0 Å². The lowest BCUT2D eigenvalue weighted by Gasteiger charge is -2.56. The molecule has 0 bridgehead atoms. The predicted octanol–water partition coefficient (Wildman–Crippen LogP) is 2.98. The molecule has 2 atom stereocenters. The molecule has 0 aliphatic heterocycles. The first-order valence-electron chi connectivity index (χ1n) is 10.3. The Morgan fingerprint density at radius 2 is 1.52 bits per heavy atom. The van der Waals surface area contributed by atoms with Crippen molar-refractivity contribution in [1.82, 2.24) is 5.32 Å². The van der Waals surface area contributed by atoms with Crippen LogP contribution in [0.1, 0.15) is 47.5 Å². The molecule has 0 spiro atoms. The predicted molar refractivity (Wildman–Crippen MR) is 120 cm³/mol. The number of benzene rings is 2. The topological polar surface area (TPSA) is 58.6 Å². The van der Waals surface area contributed by atoms with E-state index in [1.807, 2.05) is 12.1 Å². The molecule has 3 rings (SSSR count). The molecule has 0 unspecified atom stereocenters. The van der Waals surface area contributed by atoms with Crippen LogP contribution in [0.3, 0.4) is 0 Å². The molecule has 4 nitrogen and oxygen atoms in total. The van der Waals surface area contributed by atoms with E-state index in [0.29, 0.717) is 12.8 Å². The third-order valence-corrected chi connectivity index (χ3v) is 11.4. The molecule has 1 fully saturated rings. The zero-order valence-electron chi connectivity index (χ0n) is 18.2. The monoisotopic (exact) mass is 411 g/mol. The van der Waals surface area contributed by atoms with Gasteiger partial charge in [0.15, 0.2) is 0 Å². The Kier molecular flexibility index (Phi) is 5.78. The second-order valence-electron chi connectivity index (χ2n) is 9.49. The van der Waals surface area contributed by atoms with Crippen molar-refractivity contribution < 1.29 is 14.3 Å². The van der Waals surface area contributed by atoms with Crippen LogP contribution in [0.4, 0.5) is 0 Å². The Hall–Kier alpha value is -1.95. The van der Waals surface area contributed by atoms with Gasteiger partial charge in [0.1, 0.15) is 0 Å². The Labute approximate surface area is 175 Å². The van der Waals surface area contributed by atoms with Crippen molar-refractivity contribution in [2.45, 2.75) is 63.6 Å². The highest BCUT2D eigenvalue weighted by molar-refractivity contribution is 6.99. The molecule has 0 saturated heterocycles. The standard InChI is InChI=1S/C24H33NO3Si/c1-19(26)25-24(17-16-23(24,5)27)18-28-29(22(2,3)4,20-12-8-6-9-13-20)21-14-10-7-11-15-21/h6-15,27H,16-18H2,1-5H3,(H,25,26)/t23-,24+/m1/s1. The maximum Gasteiger partial charge on any atom is 0.261 e. The van der Waals surface area contributed by atoms with E-state index in [9.17, 15) is 9.90 Å². The molecular weight excluding hydrogens is 378 g/mol. The normalized spacial score (nSPS) is 24.6. The van der Waals surface area contributed by atoms with Gasteiger partial charge in [0.05, 0.1) is 17.7 Å². The number of nitrogens with one attached hydrogen (secondary N) is 1. The van der Waals surface area contributed by atoms with Gasteiger partial charge >= 0.3 is 0 Å². The molecule has 5 heteroatoms. The van der Waals surface area contributed by atoms with E-state index < -0.39 is 19.5 Å². The van der Waals surface area contributed by atoms with E-state index in [1.165, 1.54) is 17.3 Å². The largest absolute Gasteiger partial charge is 0.405 e. The lowest BCUT2D eigenvalue weighted by molar-refractivity contribution is -0.149. The average Bonchev–Trinajstić information content (AvgIpc) is 2.67. The fourth-order valence-corrected chi connectivity index (χ4v) is 9.20. The van der Waals surface area contributed by atoms with Crippen molar-refractivity contribution in [2.24, 2.45) is 0 Å². The average molecular weight is 412 g/mol. The van der Waals surface area contributed by atoms with Crippen molar-refractivity contribution in [3.8, 4) is 0 Å². The van der Waals surface area contributed by atoms with Gasteiger partial charge in [-0.15, -0.1) is 0 Å². The molecule has 1 amide bonds. The number of hydrogen-bond acceptors (Lipinski definition) is 3. The van der Waals surface area contributed by atoms with Crippen LogP contribution in [0.5, 0.6) is 0 Å². The number of rotatable bonds is 6. The molecule has 1 saturated carbocycles. The quantitative estimate of drug-likeness (QED) is 0.719. The fourth-order valence-electron chi connectivity index (χ4n) is 4.58. The van der Waals surface area contributed by atoms with Gasteiger partial charge in [0, 0.05) is 6.92 Å². The van der Waals surface area contributed by atoms with Crippen LogP contribution in [0, 0.1) is 0 Å². The van der Waals surface area contributed by atoms with Crippen LogP contribution in [0.2, 0.25) is 5.04 Å². The highest BCUT2D eigenvalue weighted by atomic mass is 28.4. The zero-order chi connectivity index (χ0) is 21.3. The van der Waals surface area contributed by atoms with Gasteiger partial charge in [-0.05, 0) is 35.2 Å². The van der Waals surface area contributed by atoms with Crippen molar-refractivity contribution in [3.05, 3.63) is 60.7 Å². The van der Waals surface area contributed by atoms with Gasteiger partial charge in [0.25, 0.3) is 8.32 Å². The summed E-state index contributed by atoms with van der Waals surface area (Å²) in [5.41, 5.74) is -1.74. The maximum atomic E-state index is 11.9. The summed E-state index contributed by atoms with van der Waals surface area (Å²) in [5.74, 6) is -0.143. The molecule has 0 heterocycles. The molecule has 29 heavy (non-hydrogen) atoms. The van der Waals surface area contributed by atoms with E-state index in [1.54, 1.807) is 6.92 Å². The lowest BCUT2D eigenvalue weighted by atomic mass is 9.64. The number of aliphatic hydroxyl groups is 1. The third kappa shape index (κ3) is 3.79. The minimum atomic E-state index is -2.72. The Balaban J connectivity index is 2.10. The molecule has 2 aromatic rings. The second kappa shape index (κ2) is 7.71. The van der Waals surface area contributed by atoms with Gasteiger partial charge in [-0.2, -0.15) is 0 Å². The van der Waals surface area contributed by atoms with Crippen LogP contribution in [-0.2, 0) is 9.22 Å². The van der Waals surface area contributed by atoms with Gasteiger partial charge in [-0.25, -0.2) is 0 Å². The Bertz CT molecular complexity index is 806. The number of carbonyl (C=O) groups is 1. The summed E-state index contributed by atoms with van der Waals surface area (Å²) in [4.78, 5) is 11.9. The summed E-state index contributed by atoms with van der Waals surface area (Å²) in [6.07, 6.45) is 1.36. The van der Waals surface area contributed by atoms with E-state index in [-0.39, 0.29) is 17.6 Å².